The van der Waals surface area contributed by atoms with Crippen LogP contribution in [0.2, 0.25) is 0 Å². The molecule has 5 heteroatoms. The molecule has 0 aromatic rings. The highest BCUT2D eigenvalue weighted by Crippen LogP contribution is 2.00. The number of rotatable bonds is 0. The van der Waals surface area contributed by atoms with E-state index in [2.05, 4.69) is 5.32 Å². The van der Waals surface area contributed by atoms with Gasteiger partial charge in [-0.15, -0.1) is 0 Å². The number of carbonyl (C=O) groups excluding carboxylic acids is 2. The molecule has 0 saturated carbocycles. The molecular formula is C4H5ClN2O2. The molecule has 0 spiro atoms. The molecule has 0 radical (unpaired) electrons. The third-order valence-electron chi connectivity index (χ3n) is 1.07. The molecule has 0 atom stereocenters. The first-order valence-electron chi connectivity index (χ1n) is 2.46. The topological polar surface area (TPSA) is 49.4 Å². The van der Waals surface area contributed by atoms with E-state index >= 15 is 0 Å². The molecule has 0 aromatic carbocycles. The summed E-state index contributed by atoms with van der Waals surface area (Å²) in [6.45, 7) is 0.873. The van der Waals surface area contributed by atoms with E-state index in [1.54, 1.807) is 0 Å². The standard InChI is InChI=1S/C4H5ClN2O2/c5-3(8)7-2-1-6-4(7)9/h1-2H2,(H,6,9). The molecule has 1 heterocycles. The van der Waals surface area contributed by atoms with Crippen LogP contribution in [-0.2, 0) is 0 Å². The number of halogens is 1. The number of hydrogen-bond donors (Lipinski definition) is 1. The molecule has 1 saturated heterocycles. The van der Waals surface area contributed by atoms with Crippen molar-refractivity contribution >= 4 is 23.0 Å². The summed E-state index contributed by atoms with van der Waals surface area (Å²) in [4.78, 5) is 21.8. The van der Waals surface area contributed by atoms with Gasteiger partial charge in [0.25, 0.3) is 0 Å². The predicted octanol–water partition coefficient (Wildman–Crippen LogP) is 0.370. The molecule has 0 bridgehead atoms. The zero-order valence-corrected chi connectivity index (χ0v) is 5.31. The van der Waals surface area contributed by atoms with Crippen LogP contribution in [0, 0.1) is 0 Å². The summed E-state index contributed by atoms with van der Waals surface area (Å²) >= 11 is 5.01. The van der Waals surface area contributed by atoms with Crippen LogP contribution in [0.15, 0.2) is 0 Å². The van der Waals surface area contributed by atoms with Crippen molar-refractivity contribution in [1.82, 2.24) is 10.2 Å². The fourth-order valence-electron chi connectivity index (χ4n) is 0.639. The number of carbonyl (C=O) groups is 2. The van der Waals surface area contributed by atoms with Crippen LogP contribution < -0.4 is 5.32 Å². The van der Waals surface area contributed by atoms with Crippen LogP contribution in [0.1, 0.15) is 0 Å². The van der Waals surface area contributed by atoms with Crippen molar-refractivity contribution in [1.29, 1.82) is 0 Å². The Labute approximate surface area is 56.8 Å². The minimum atomic E-state index is -0.718. The van der Waals surface area contributed by atoms with Crippen LogP contribution >= 0.6 is 11.6 Å². The predicted molar refractivity (Wildman–Crippen MR) is 31.4 cm³/mol. The highest BCUT2D eigenvalue weighted by atomic mass is 35.5. The second-order valence-electron chi connectivity index (χ2n) is 1.64. The molecule has 0 unspecified atom stereocenters. The second kappa shape index (κ2) is 2.23. The largest absolute Gasteiger partial charge is 0.336 e. The molecule has 9 heavy (non-hydrogen) atoms. The van der Waals surface area contributed by atoms with Gasteiger partial charge in [-0.2, -0.15) is 0 Å². The van der Waals surface area contributed by atoms with Crippen LogP contribution in [-0.4, -0.2) is 29.4 Å². The van der Waals surface area contributed by atoms with Gasteiger partial charge in [0.15, 0.2) is 0 Å². The SMILES string of the molecule is O=C(Cl)N1CCNC1=O. The molecular weight excluding hydrogens is 144 g/mol. The number of urea groups is 1. The number of nitrogens with one attached hydrogen (secondary N) is 1. The Bertz CT molecular complexity index is 159. The quantitative estimate of drug-likeness (QED) is 0.399. The minimum absolute atomic E-state index is 0.376. The zero-order chi connectivity index (χ0) is 6.85. The van der Waals surface area contributed by atoms with Gasteiger partial charge in [-0.1, -0.05) is 0 Å². The molecule has 1 aliphatic heterocycles. The lowest BCUT2D eigenvalue weighted by Gasteiger charge is -2.04. The Balaban J connectivity index is 2.60. The first kappa shape index (κ1) is 6.35. The van der Waals surface area contributed by atoms with Gasteiger partial charge in [-0.05, 0) is 11.6 Å². The highest BCUT2D eigenvalue weighted by molar-refractivity contribution is 6.64. The summed E-state index contributed by atoms with van der Waals surface area (Å²) in [5.74, 6) is 0. The van der Waals surface area contributed by atoms with Gasteiger partial charge < -0.3 is 5.32 Å². The van der Waals surface area contributed by atoms with Crippen molar-refractivity contribution < 1.29 is 9.59 Å². The van der Waals surface area contributed by atoms with E-state index in [-0.39, 0.29) is 0 Å². The lowest BCUT2D eigenvalue weighted by Crippen LogP contribution is -2.29. The molecule has 1 rings (SSSR count). The van der Waals surface area contributed by atoms with E-state index in [9.17, 15) is 9.59 Å². The lowest BCUT2D eigenvalue weighted by molar-refractivity contribution is 0.213. The summed E-state index contributed by atoms with van der Waals surface area (Å²) in [5, 5.41) is 1.72. The van der Waals surface area contributed by atoms with E-state index in [0.29, 0.717) is 13.1 Å². The van der Waals surface area contributed by atoms with Gasteiger partial charge in [0.05, 0.1) is 0 Å². The molecule has 3 amide bonds. The van der Waals surface area contributed by atoms with Crippen LogP contribution in [0.4, 0.5) is 9.59 Å². The average molecular weight is 149 g/mol. The first-order chi connectivity index (χ1) is 4.22. The highest BCUT2D eigenvalue weighted by Gasteiger charge is 2.23. The Kier molecular flexibility index (Phi) is 1.57. The summed E-state index contributed by atoms with van der Waals surface area (Å²) in [6, 6.07) is -0.407. The van der Waals surface area contributed by atoms with Crippen molar-refractivity contribution in [3.8, 4) is 0 Å². The maximum Gasteiger partial charge on any atom is 0.325 e. The fraction of sp³-hybridized carbons (Fsp3) is 0.500. The van der Waals surface area contributed by atoms with E-state index in [4.69, 9.17) is 11.6 Å². The summed E-state index contributed by atoms with van der Waals surface area (Å²) < 4.78 is 0. The van der Waals surface area contributed by atoms with Gasteiger partial charge in [0.2, 0.25) is 0 Å². The smallest absolute Gasteiger partial charge is 0.325 e. The van der Waals surface area contributed by atoms with E-state index in [1.807, 2.05) is 0 Å². The molecule has 1 aliphatic rings. The number of imide groups is 1. The third kappa shape index (κ3) is 1.13. The molecule has 0 aliphatic carbocycles. The Morgan fingerprint density at radius 3 is 2.67 bits per heavy atom. The van der Waals surface area contributed by atoms with Gasteiger partial charge >= 0.3 is 11.4 Å². The Morgan fingerprint density at radius 2 is 2.44 bits per heavy atom. The van der Waals surface area contributed by atoms with Crippen molar-refractivity contribution in [2.75, 3.05) is 13.1 Å². The van der Waals surface area contributed by atoms with E-state index in [1.165, 1.54) is 0 Å². The van der Waals surface area contributed by atoms with E-state index < -0.39 is 11.4 Å². The Hall–Kier alpha value is -0.770. The molecule has 50 valence electrons. The first-order valence-corrected chi connectivity index (χ1v) is 2.84. The minimum Gasteiger partial charge on any atom is -0.336 e. The van der Waals surface area contributed by atoms with Crippen molar-refractivity contribution in [3.63, 3.8) is 0 Å². The number of hydrogen-bond acceptors (Lipinski definition) is 2. The van der Waals surface area contributed by atoms with Crippen LogP contribution in [0.3, 0.4) is 0 Å². The summed E-state index contributed by atoms with van der Waals surface area (Å²) in [6.07, 6.45) is 0. The molecule has 4 nitrogen and oxygen atoms in total. The van der Waals surface area contributed by atoms with Crippen molar-refractivity contribution in [2.24, 2.45) is 0 Å². The van der Waals surface area contributed by atoms with Crippen LogP contribution in [0.25, 0.3) is 0 Å². The molecule has 0 aromatic heterocycles. The van der Waals surface area contributed by atoms with Gasteiger partial charge in [0.1, 0.15) is 0 Å². The number of nitrogens with zero attached hydrogens (tertiary/aromatic N) is 1. The maximum atomic E-state index is 10.5. The molecule has 1 fully saturated rings. The van der Waals surface area contributed by atoms with Gasteiger partial charge in [-0.3, -0.25) is 4.79 Å². The molecule has 1 N–H and O–H groups in total. The summed E-state index contributed by atoms with van der Waals surface area (Å²) in [5.41, 5.74) is 0. The lowest BCUT2D eigenvalue weighted by atomic mass is 10.7. The maximum absolute atomic E-state index is 10.5. The summed E-state index contributed by atoms with van der Waals surface area (Å²) in [7, 11) is 0. The number of amides is 3. The monoisotopic (exact) mass is 148 g/mol. The fourth-order valence-corrected chi connectivity index (χ4v) is 0.801. The van der Waals surface area contributed by atoms with Crippen molar-refractivity contribution in [2.45, 2.75) is 0 Å². The second-order valence-corrected chi connectivity index (χ2v) is 1.96. The van der Waals surface area contributed by atoms with Gasteiger partial charge in [-0.25, -0.2) is 9.69 Å². The van der Waals surface area contributed by atoms with Crippen LogP contribution in [0.5, 0.6) is 0 Å². The van der Waals surface area contributed by atoms with Crippen molar-refractivity contribution in [3.05, 3.63) is 0 Å². The zero-order valence-electron chi connectivity index (χ0n) is 4.56. The van der Waals surface area contributed by atoms with Gasteiger partial charge in [0, 0.05) is 13.1 Å². The normalized spacial score (nSPS) is 17.9. The average Bonchev–Trinajstić information content (AvgIpc) is 2.13. The Morgan fingerprint density at radius 1 is 1.78 bits per heavy atom. The third-order valence-corrected chi connectivity index (χ3v) is 1.27. The van der Waals surface area contributed by atoms with E-state index in [0.717, 1.165) is 4.90 Å².